The number of piperazine rings is 1. The van der Waals surface area contributed by atoms with Gasteiger partial charge in [-0.15, -0.1) is 0 Å². The molecule has 3 heterocycles. The van der Waals surface area contributed by atoms with Gasteiger partial charge in [0, 0.05) is 19.6 Å². The van der Waals surface area contributed by atoms with Gasteiger partial charge in [-0.05, 0) is 48.9 Å². The molecule has 0 unspecified atom stereocenters. The van der Waals surface area contributed by atoms with Crippen LogP contribution in [0.1, 0.15) is 76.3 Å². The van der Waals surface area contributed by atoms with E-state index in [0.29, 0.717) is 25.9 Å². The van der Waals surface area contributed by atoms with E-state index in [0.717, 1.165) is 61.0 Å². The molecular weight excluding hydrogens is 516 g/mol. The van der Waals surface area contributed by atoms with E-state index in [2.05, 4.69) is 13.8 Å². The van der Waals surface area contributed by atoms with E-state index in [1.165, 1.54) is 0 Å². The predicted octanol–water partition coefficient (Wildman–Crippen LogP) is 6.83. The Bertz CT molecular complexity index is 1230. The second-order valence-electron chi connectivity index (χ2n) is 11.4. The van der Waals surface area contributed by atoms with Gasteiger partial charge in [0.2, 0.25) is 0 Å². The zero-order valence-electron chi connectivity index (χ0n) is 24.2. The van der Waals surface area contributed by atoms with Crippen LogP contribution in [-0.4, -0.2) is 75.6 Å². The van der Waals surface area contributed by atoms with Gasteiger partial charge < -0.3 is 19.8 Å². The molecular formula is C33H42N4O4. The number of hydrogen-bond acceptors (Lipinski definition) is 3. The number of para-hydroxylation sites is 2. The maximum atomic E-state index is 14.5. The van der Waals surface area contributed by atoms with Crippen LogP contribution in [0.25, 0.3) is 12.2 Å². The number of urea groups is 2. The van der Waals surface area contributed by atoms with Crippen molar-refractivity contribution < 1.29 is 19.5 Å². The molecule has 2 aromatic carbocycles. The molecule has 1 N–H and O–H groups in total. The number of carbonyl (C=O) groups excluding carboxylic acids is 2. The maximum Gasteiger partial charge on any atom is 0.329 e. The average Bonchev–Trinajstić information content (AvgIpc) is 3.17. The number of fused-ring (bicyclic) bond motifs is 4. The van der Waals surface area contributed by atoms with E-state index in [9.17, 15) is 19.5 Å². The predicted molar refractivity (Wildman–Crippen MR) is 162 cm³/mol. The number of carbonyl (C=O) groups is 3. The Morgan fingerprint density at radius 3 is 1.93 bits per heavy atom. The number of amides is 4. The Morgan fingerprint density at radius 1 is 0.829 bits per heavy atom. The van der Waals surface area contributed by atoms with Gasteiger partial charge in [0.25, 0.3) is 0 Å². The van der Waals surface area contributed by atoms with Crippen LogP contribution in [0, 0.1) is 0 Å². The molecule has 2 bridgehead atoms. The second-order valence-corrected chi connectivity index (χ2v) is 11.4. The fourth-order valence-corrected chi connectivity index (χ4v) is 6.63. The summed E-state index contributed by atoms with van der Waals surface area (Å²) in [4.78, 5) is 48.2. The van der Waals surface area contributed by atoms with Gasteiger partial charge in [-0.25, -0.2) is 14.4 Å². The van der Waals surface area contributed by atoms with E-state index >= 15 is 0 Å². The van der Waals surface area contributed by atoms with Crippen LogP contribution in [0.15, 0.2) is 48.5 Å². The number of benzene rings is 2. The summed E-state index contributed by atoms with van der Waals surface area (Å²) in [6.45, 7) is 5.76. The van der Waals surface area contributed by atoms with E-state index in [4.69, 9.17) is 0 Å². The van der Waals surface area contributed by atoms with Crippen LogP contribution in [0.2, 0.25) is 0 Å². The van der Waals surface area contributed by atoms with Crippen molar-refractivity contribution in [3.05, 3.63) is 59.7 Å². The number of unbranched alkanes of at least 4 members (excludes halogenated alkanes) is 4. The second kappa shape index (κ2) is 12.8. The quantitative estimate of drug-likeness (QED) is 0.342. The lowest BCUT2D eigenvalue weighted by molar-refractivity contribution is -0.146. The lowest BCUT2D eigenvalue weighted by Gasteiger charge is -2.47. The first kappa shape index (κ1) is 28.7. The first-order chi connectivity index (χ1) is 20.0. The van der Waals surface area contributed by atoms with Gasteiger partial charge in [0.15, 0.2) is 6.04 Å². The highest BCUT2D eigenvalue weighted by Crippen LogP contribution is 2.41. The van der Waals surface area contributed by atoms with Crippen molar-refractivity contribution in [1.29, 1.82) is 0 Å². The highest BCUT2D eigenvalue weighted by atomic mass is 16.4. The summed E-state index contributed by atoms with van der Waals surface area (Å²) in [5.74, 6) is -1.05. The molecule has 3 aliphatic rings. The minimum absolute atomic E-state index is 0.205. The number of rotatable bonds is 9. The molecule has 2 saturated heterocycles. The van der Waals surface area contributed by atoms with Crippen molar-refractivity contribution in [3.63, 3.8) is 0 Å². The van der Waals surface area contributed by atoms with Crippen molar-refractivity contribution in [2.75, 3.05) is 24.5 Å². The summed E-state index contributed by atoms with van der Waals surface area (Å²) in [6.07, 6.45) is 11.2. The van der Waals surface area contributed by atoms with Gasteiger partial charge in [-0.2, -0.15) is 0 Å². The molecule has 41 heavy (non-hydrogen) atoms. The third-order valence-electron chi connectivity index (χ3n) is 8.70. The van der Waals surface area contributed by atoms with E-state index in [1.807, 2.05) is 65.6 Å². The van der Waals surface area contributed by atoms with Crippen molar-refractivity contribution in [2.24, 2.45) is 0 Å². The largest absolute Gasteiger partial charge is 0.480 e. The number of carboxylic acid groups (broad SMARTS) is 1. The number of carboxylic acids is 1. The van der Waals surface area contributed by atoms with Crippen LogP contribution in [0.5, 0.6) is 0 Å². The molecule has 0 aliphatic carbocycles. The smallest absolute Gasteiger partial charge is 0.329 e. The molecule has 218 valence electrons. The highest BCUT2D eigenvalue weighted by molar-refractivity contribution is 6.06. The van der Waals surface area contributed by atoms with Gasteiger partial charge >= 0.3 is 18.0 Å². The Labute approximate surface area is 243 Å². The topological polar surface area (TPSA) is 84.4 Å². The van der Waals surface area contributed by atoms with Crippen LogP contribution >= 0.6 is 0 Å². The molecule has 0 spiro atoms. The first-order valence-corrected chi connectivity index (χ1v) is 15.2. The molecule has 2 aromatic rings. The fraction of sp³-hybridized carbons (Fsp3) is 0.485. The van der Waals surface area contributed by atoms with E-state index < -0.39 is 18.1 Å². The number of anilines is 2. The highest BCUT2D eigenvalue weighted by Gasteiger charge is 2.54. The normalized spacial score (nSPS) is 20.8. The van der Waals surface area contributed by atoms with Crippen LogP contribution in [0.4, 0.5) is 21.0 Å². The zero-order chi connectivity index (χ0) is 28.9. The summed E-state index contributed by atoms with van der Waals surface area (Å²) < 4.78 is 0. The molecule has 5 rings (SSSR count). The molecule has 2 fully saturated rings. The fourth-order valence-electron chi connectivity index (χ4n) is 6.63. The molecule has 0 saturated carbocycles. The standard InChI is InChI=1S/C33H42N4O4/c1-3-5-11-21-34(22-12-6-4-2)32(40)35-23-26-19-20-29(30(35)31(38)39)36(26)33(41)37-27-15-9-7-13-24(27)17-18-25-14-8-10-16-28(25)37/h7-10,13-18,26,29-30H,3-6,11-12,19-23H2,1-2H3,(H,38,39)/t26-,29+,30-/m0/s1. The minimum Gasteiger partial charge on any atom is -0.480 e. The van der Waals surface area contributed by atoms with Gasteiger partial charge in [-0.1, -0.05) is 88.1 Å². The Morgan fingerprint density at radius 2 is 1.39 bits per heavy atom. The third-order valence-corrected chi connectivity index (χ3v) is 8.70. The monoisotopic (exact) mass is 558 g/mol. The SMILES string of the molecule is CCCCCN(CCCCC)C(=O)N1C[C@@H]2CC[C@H]([C@H]1C(=O)O)N2C(=O)N1c2ccccc2C=Cc2ccccc21. The lowest BCUT2D eigenvalue weighted by Crippen LogP contribution is -2.67. The van der Waals surface area contributed by atoms with E-state index in [1.54, 1.807) is 14.7 Å². The molecule has 0 aromatic heterocycles. The van der Waals surface area contributed by atoms with Crippen molar-refractivity contribution in [1.82, 2.24) is 14.7 Å². The zero-order valence-corrected chi connectivity index (χ0v) is 24.2. The molecule has 8 nitrogen and oxygen atoms in total. The molecule has 4 amide bonds. The minimum atomic E-state index is -1.08. The Kier molecular flexibility index (Phi) is 8.96. The number of likely N-dealkylation sites (tertiary alicyclic amines) is 1. The summed E-state index contributed by atoms with van der Waals surface area (Å²) in [7, 11) is 0. The Balaban J connectivity index is 1.45. The third kappa shape index (κ3) is 5.69. The number of aliphatic carboxylic acids is 1. The Hall–Kier alpha value is -3.81. The van der Waals surface area contributed by atoms with Crippen molar-refractivity contribution in [3.8, 4) is 0 Å². The maximum absolute atomic E-state index is 14.5. The van der Waals surface area contributed by atoms with Crippen molar-refractivity contribution in [2.45, 2.75) is 83.3 Å². The first-order valence-electron chi connectivity index (χ1n) is 15.2. The molecule has 8 heteroatoms. The summed E-state index contributed by atoms with van der Waals surface area (Å²) in [5.41, 5.74) is 3.37. The molecule has 3 atom stereocenters. The van der Waals surface area contributed by atoms with Crippen molar-refractivity contribution >= 4 is 41.6 Å². The molecule has 3 aliphatic heterocycles. The number of nitrogens with zero attached hydrogens (tertiary/aromatic N) is 4. The van der Waals surface area contributed by atoms with Gasteiger partial charge in [0.05, 0.1) is 23.5 Å². The molecule has 0 radical (unpaired) electrons. The average molecular weight is 559 g/mol. The van der Waals surface area contributed by atoms with E-state index in [-0.39, 0.29) is 24.6 Å². The number of hydrogen-bond donors (Lipinski definition) is 1. The van der Waals surface area contributed by atoms with Gasteiger partial charge in [0.1, 0.15) is 0 Å². The van der Waals surface area contributed by atoms with Gasteiger partial charge in [-0.3, -0.25) is 4.90 Å². The van der Waals surface area contributed by atoms with Crippen LogP contribution in [-0.2, 0) is 4.79 Å². The summed E-state index contributed by atoms with van der Waals surface area (Å²) in [5, 5.41) is 10.5. The summed E-state index contributed by atoms with van der Waals surface area (Å²) >= 11 is 0. The lowest BCUT2D eigenvalue weighted by atomic mass is 10.0. The van der Waals surface area contributed by atoms with Crippen LogP contribution < -0.4 is 4.90 Å². The summed E-state index contributed by atoms with van der Waals surface area (Å²) in [6, 6.07) is 13.2. The van der Waals surface area contributed by atoms with Crippen LogP contribution in [0.3, 0.4) is 0 Å².